The zero-order chi connectivity index (χ0) is 14.7. The van der Waals surface area contributed by atoms with Crippen molar-refractivity contribution in [3.63, 3.8) is 0 Å². The van der Waals surface area contributed by atoms with Gasteiger partial charge in [-0.05, 0) is 30.5 Å². The van der Waals surface area contributed by atoms with E-state index in [1.807, 2.05) is 18.2 Å². The van der Waals surface area contributed by atoms with Gasteiger partial charge in [0, 0.05) is 13.5 Å². The molecule has 1 aromatic carbocycles. The van der Waals surface area contributed by atoms with Gasteiger partial charge in [-0.1, -0.05) is 6.07 Å². The lowest BCUT2D eigenvalue weighted by molar-refractivity contribution is -0.161. The normalized spacial score (nSPS) is 24.5. The second-order valence-electron chi connectivity index (χ2n) is 5.43. The summed E-state index contributed by atoms with van der Waals surface area (Å²) in [5.41, 5.74) is 1.16. The standard InChI is InChI=1S/C16H20O5/c1-18-13-9-12(21-16(17)10-13)4-2-11-3-5-14-15(8-11)20-7-6-19-14/h3,5,8,12-13H,2,4,6-7,9-10H2,1H3. The zero-order valence-electron chi connectivity index (χ0n) is 12.2. The fourth-order valence-corrected chi connectivity index (χ4v) is 2.77. The number of rotatable bonds is 4. The maximum Gasteiger partial charge on any atom is 0.308 e. The fraction of sp³-hybridized carbons (Fsp3) is 0.562. The Labute approximate surface area is 124 Å². The molecule has 0 radical (unpaired) electrons. The lowest BCUT2D eigenvalue weighted by atomic mass is 9.99. The minimum absolute atomic E-state index is 0.0171. The summed E-state index contributed by atoms with van der Waals surface area (Å²) in [5, 5.41) is 0. The highest BCUT2D eigenvalue weighted by Gasteiger charge is 2.28. The molecule has 2 unspecified atom stereocenters. The first-order valence-electron chi connectivity index (χ1n) is 7.35. The summed E-state index contributed by atoms with van der Waals surface area (Å²) in [4.78, 5) is 11.5. The molecule has 0 spiro atoms. The van der Waals surface area contributed by atoms with Gasteiger partial charge in [0.25, 0.3) is 0 Å². The van der Waals surface area contributed by atoms with E-state index in [9.17, 15) is 4.79 Å². The Morgan fingerprint density at radius 2 is 2.05 bits per heavy atom. The molecule has 1 saturated heterocycles. The number of esters is 1. The van der Waals surface area contributed by atoms with Crippen molar-refractivity contribution in [2.75, 3.05) is 20.3 Å². The van der Waals surface area contributed by atoms with Crippen molar-refractivity contribution in [3.05, 3.63) is 23.8 Å². The Bertz CT molecular complexity index is 513. The van der Waals surface area contributed by atoms with E-state index in [0.717, 1.165) is 36.3 Å². The lowest BCUT2D eigenvalue weighted by Gasteiger charge is -2.28. The molecule has 1 aromatic rings. The number of methoxy groups -OCH3 is 1. The van der Waals surface area contributed by atoms with E-state index >= 15 is 0 Å². The number of fused-ring (bicyclic) bond motifs is 1. The van der Waals surface area contributed by atoms with Crippen molar-refractivity contribution in [3.8, 4) is 11.5 Å². The minimum atomic E-state index is -0.166. The SMILES string of the molecule is COC1CC(=O)OC(CCc2ccc3c(c2)OCCO3)C1. The molecule has 5 nitrogen and oxygen atoms in total. The van der Waals surface area contributed by atoms with Crippen LogP contribution < -0.4 is 9.47 Å². The molecule has 21 heavy (non-hydrogen) atoms. The molecule has 2 aliphatic rings. The summed E-state index contributed by atoms with van der Waals surface area (Å²) in [7, 11) is 1.64. The van der Waals surface area contributed by atoms with Crippen LogP contribution in [0.1, 0.15) is 24.8 Å². The number of cyclic esters (lactones) is 1. The molecule has 0 aromatic heterocycles. The van der Waals surface area contributed by atoms with Gasteiger partial charge in [-0.2, -0.15) is 0 Å². The summed E-state index contributed by atoms with van der Waals surface area (Å²) in [6.45, 7) is 1.19. The topological polar surface area (TPSA) is 54.0 Å². The number of benzene rings is 1. The Balaban J connectivity index is 1.58. The second-order valence-corrected chi connectivity index (χ2v) is 5.43. The maximum atomic E-state index is 11.5. The third-order valence-electron chi connectivity index (χ3n) is 3.91. The molecule has 0 aliphatic carbocycles. The van der Waals surface area contributed by atoms with E-state index in [1.165, 1.54) is 0 Å². The average Bonchev–Trinajstić information content (AvgIpc) is 2.52. The first-order valence-corrected chi connectivity index (χ1v) is 7.35. The van der Waals surface area contributed by atoms with Crippen LogP contribution in [0.4, 0.5) is 0 Å². The monoisotopic (exact) mass is 292 g/mol. The van der Waals surface area contributed by atoms with E-state index < -0.39 is 0 Å². The summed E-state index contributed by atoms with van der Waals surface area (Å²) in [6, 6.07) is 5.98. The fourth-order valence-electron chi connectivity index (χ4n) is 2.77. The second kappa shape index (κ2) is 6.35. The zero-order valence-corrected chi connectivity index (χ0v) is 12.2. The molecular formula is C16H20O5. The van der Waals surface area contributed by atoms with Gasteiger partial charge < -0.3 is 18.9 Å². The highest BCUT2D eigenvalue weighted by molar-refractivity contribution is 5.71. The number of aryl methyl sites for hydroxylation is 1. The summed E-state index contributed by atoms with van der Waals surface area (Å²) >= 11 is 0. The molecule has 0 bridgehead atoms. The quantitative estimate of drug-likeness (QED) is 0.796. The van der Waals surface area contributed by atoms with Crippen LogP contribution >= 0.6 is 0 Å². The Kier molecular flexibility index (Phi) is 4.29. The van der Waals surface area contributed by atoms with E-state index in [0.29, 0.717) is 19.6 Å². The summed E-state index contributed by atoms with van der Waals surface area (Å²) in [6.07, 6.45) is 2.68. The van der Waals surface area contributed by atoms with Crippen molar-refractivity contribution in [2.45, 2.75) is 37.9 Å². The Hall–Kier alpha value is -1.75. The molecule has 0 N–H and O–H groups in total. The van der Waals surface area contributed by atoms with Gasteiger partial charge >= 0.3 is 5.97 Å². The smallest absolute Gasteiger partial charge is 0.308 e. The Morgan fingerprint density at radius 1 is 1.24 bits per heavy atom. The molecule has 0 amide bonds. The van der Waals surface area contributed by atoms with E-state index in [2.05, 4.69) is 0 Å². The molecule has 3 rings (SSSR count). The number of hydrogen-bond acceptors (Lipinski definition) is 5. The molecule has 114 valence electrons. The van der Waals surface area contributed by atoms with Gasteiger partial charge in [0.15, 0.2) is 11.5 Å². The predicted octanol–water partition coefficient (Wildman–Crippen LogP) is 2.11. The van der Waals surface area contributed by atoms with Crippen LogP contribution in [0, 0.1) is 0 Å². The van der Waals surface area contributed by atoms with Crippen LogP contribution in [-0.4, -0.2) is 38.5 Å². The molecule has 0 saturated carbocycles. The van der Waals surface area contributed by atoms with Gasteiger partial charge in [-0.15, -0.1) is 0 Å². The van der Waals surface area contributed by atoms with Crippen molar-refractivity contribution in [1.29, 1.82) is 0 Å². The van der Waals surface area contributed by atoms with Gasteiger partial charge in [0.05, 0.1) is 12.5 Å². The van der Waals surface area contributed by atoms with Crippen molar-refractivity contribution >= 4 is 5.97 Å². The molecule has 2 aliphatic heterocycles. The molecular weight excluding hydrogens is 272 g/mol. The van der Waals surface area contributed by atoms with Crippen LogP contribution in [0.15, 0.2) is 18.2 Å². The predicted molar refractivity (Wildman–Crippen MR) is 75.7 cm³/mol. The first kappa shape index (κ1) is 14.2. The number of hydrogen-bond donors (Lipinski definition) is 0. The minimum Gasteiger partial charge on any atom is -0.486 e. The highest BCUT2D eigenvalue weighted by Crippen LogP contribution is 2.31. The third kappa shape index (κ3) is 3.47. The van der Waals surface area contributed by atoms with E-state index in [1.54, 1.807) is 7.11 Å². The van der Waals surface area contributed by atoms with Gasteiger partial charge in [-0.3, -0.25) is 4.79 Å². The van der Waals surface area contributed by atoms with Gasteiger partial charge in [0.1, 0.15) is 19.3 Å². The van der Waals surface area contributed by atoms with Crippen molar-refractivity contribution in [2.24, 2.45) is 0 Å². The van der Waals surface area contributed by atoms with Gasteiger partial charge in [-0.25, -0.2) is 0 Å². The molecule has 5 heteroatoms. The van der Waals surface area contributed by atoms with Crippen LogP contribution in [0.2, 0.25) is 0 Å². The van der Waals surface area contributed by atoms with Crippen molar-refractivity contribution in [1.82, 2.24) is 0 Å². The van der Waals surface area contributed by atoms with E-state index in [4.69, 9.17) is 18.9 Å². The number of carbonyl (C=O) groups is 1. The average molecular weight is 292 g/mol. The maximum absolute atomic E-state index is 11.5. The summed E-state index contributed by atoms with van der Waals surface area (Å²) in [5.74, 6) is 1.43. The lowest BCUT2D eigenvalue weighted by Crippen LogP contribution is -2.33. The van der Waals surface area contributed by atoms with Crippen LogP contribution in [0.5, 0.6) is 11.5 Å². The van der Waals surface area contributed by atoms with Crippen molar-refractivity contribution < 1.29 is 23.7 Å². The van der Waals surface area contributed by atoms with Crippen LogP contribution in [-0.2, 0) is 20.7 Å². The largest absolute Gasteiger partial charge is 0.486 e. The first-order chi connectivity index (χ1) is 10.2. The van der Waals surface area contributed by atoms with Gasteiger partial charge in [0.2, 0.25) is 0 Å². The highest BCUT2D eigenvalue weighted by atomic mass is 16.6. The molecule has 2 heterocycles. The van der Waals surface area contributed by atoms with Crippen LogP contribution in [0.25, 0.3) is 0 Å². The number of carbonyl (C=O) groups excluding carboxylic acids is 1. The summed E-state index contributed by atoms with van der Waals surface area (Å²) < 4.78 is 21.7. The van der Waals surface area contributed by atoms with E-state index in [-0.39, 0.29) is 18.2 Å². The Morgan fingerprint density at radius 3 is 2.86 bits per heavy atom. The molecule has 1 fully saturated rings. The van der Waals surface area contributed by atoms with Crippen LogP contribution in [0.3, 0.4) is 0 Å². The third-order valence-corrected chi connectivity index (χ3v) is 3.91. The number of ether oxygens (including phenoxy) is 4. The molecule has 2 atom stereocenters.